The van der Waals surface area contributed by atoms with Crippen molar-refractivity contribution >= 4 is 17.5 Å². The van der Waals surface area contributed by atoms with Gasteiger partial charge in [-0.25, -0.2) is 4.39 Å². The summed E-state index contributed by atoms with van der Waals surface area (Å²) in [5.41, 5.74) is 0.630. The van der Waals surface area contributed by atoms with Gasteiger partial charge in [-0.15, -0.1) is 0 Å². The summed E-state index contributed by atoms with van der Waals surface area (Å²) >= 11 is 0. The molecule has 0 radical (unpaired) electrons. The first-order valence-corrected chi connectivity index (χ1v) is 9.84. The molecule has 2 fully saturated rings. The van der Waals surface area contributed by atoms with E-state index in [1.165, 1.54) is 12.1 Å². The molecule has 0 aliphatic carbocycles. The van der Waals surface area contributed by atoms with Crippen LogP contribution in [0.25, 0.3) is 0 Å². The average molecular weight is 375 g/mol. The molecule has 2 amide bonds. The summed E-state index contributed by atoms with van der Waals surface area (Å²) < 4.78 is 13.1. The predicted molar refractivity (Wildman–Crippen MR) is 104 cm³/mol. The maximum absolute atomic E-state index is 13.1. The molecule has 1 aromatic carbocycles. The number of hydrogen-bond acceptors (Lipinski definition) is 3. The zero-order chi connectivity index (χ0) is 19.6. The van der Waals surface area contributed by atoms with E-state index >= 15 is 0 Å². The van der Waals surface area contributed by atoms with E-state index in [9.17, 15) is 14.0 Å². The summed E-state index contributed by atoms with van der Waals surface area (Å²) in [4.78, 5) is 31.3. The van der Waals surface area contributed by atoms with E-state index in [0.717, 1.165) is 31.6 Å². The number of likely N-dealkylation sites (tertiary alicyclic amines) is 1. The molecule has 0 unspecified atom stereocenters. The Morgan fingerprint density at radius 3 is 1.96 bits per heavy atom. The Bertz CT molecular complexity index is 668. The Balaban J connectivity index is 1.49. The van der Waals surface area contributed by atoms with Crippen molar-refractivity contribution in [3.05, 3.63) is 30.1 Å². The minimum Gasteiger partial charge on any atom is -0.368 e. The first kappa shape index (κ1) is 19.6. The molecule has 0 saturated carbocycles. The van der Waals surface area contributed by atoms with Gasteiger partial charge in [-0.1, -0.05) is 20.8 Å². The number of rotatable bonds is 2. The van der Waals surface area contributed by atoms with Crippen LogP contribution in [0.1, 0.15) is 33.6 Å². The second kappa shape index (κ2) is 7.87. The highest BCUT2D eigenvalue weighted by molar-refractivity contribution is 5.83. The lowest BCUT2D eigenvalue weighted by molar-refractivity contribution is -0.145. The molecule has 148 valence electrons. The van der Waals surface area contributed by atoms with Crippen LogP contribution < -0.4 is 4.90 Å². The highest BCUT2D eigenvalue weighted by Gasteiger charge is 2.34. The van der Waals surface area contributed by atoms with Crippen LogP contribution >= 0.6 is 0 Å². The third kappa shape index (κ3) is 4.60. The van der Waals surface area contributed by atoms with Crippen LogP contribution in [0.2, 0.25) is 0 Å². The van der Waals surface area contributed by atoms with Crippen LogP contribution in [-0.4, -0.2) is 60.9 Å². The SMILES string of the molecule is CC(C)(C)C(=O)N1CCC(C(=O)N2CCN(c3ccc(F)cc3)CC2)CC1. The second-order valence-electron chi connectivity index (χ2n) is 8.61. The lowest BCUT2D eigenvalue weighted by Gasteiger charge is -2.40. The van der Waals surface area contributed by atoms with Gasteiger partial charge in [0.15, 0.2) is 0 Å². The molecule has 0 atom stereocenters. The third-order valence-electron chi connectivity index (χ3n) is 5.56. The van der Waals surface area contributed by atoms with E-state index in [1.54, 1.807) is 12.1 Å². The van der Waals surface area contributed by atoms with Crippen molar-refractivity contribution in [2.24, 2.45) is 11.3 Å². The van der Waals surface area contributed by atoms with Crippen molar-refractivity contribution in [2.75, 3.05) is 44.2 Å². The largest absolute Gasteiger partial charge is 0.368 e. The Morgan fingerprint density at radius 2 is 1.44 bits per heavy atom. The number of anilines is 1. The molecule has 2 aliphatic rings. The van der Waals surface area contributed by atoms with Crippen molar-refractivity contribution in [1.29, 1.82) is 0 Å². The molecular formula is C21H30FN3O2. The molecular weight excluding hydrogens is 345 g/mol. The standard InChI is InChI=1S/C21H30FN3O2/c1-21(2,3)20(27)25-10-8-16(9-11-25)19(26)24-14-12-23(13-15-24)18-6-4-17(22)5-7-18/h4-7,16H,8-15H2,1-3H3. The van der Waals surface area contributed by atoms with Crippen molar-refractivity contribution in [2.45, 2.75) is 33.6 Å². The monoisotopic (exact) mass is 375 g/mol. The van der Waals surface area contributed by atoms with Gasteiger partial charge in [-0.2, -0.15) is 0 Å². The fourth-order valence-corrected chi connectivity index (χ4v) is 3.90. The number of nitrogens with zero attached hydrogens (tertiary/aromatic N) is 3. The van der Waals surface area contributed by atoms with Gasteiger partial charge in [-0.3, -0.25) is 9.59 Å². The molecule has 0 N–H and O–H groups in total. The number of hydrogen-bond donors (Lipinski definition) is 0. The van der Waals surface area contributed by atoms with E-state index < -0.39 is 0 Å². The average Bonchev–Trinajstić information content (AvgIpc) is 2.67. The lowest BCUT2D eigenvalue weighted by Crippen LogP contribution is -2.52. The van der Waals surface area contributed by atoms with Gasteiger partial charge >= 0.3 is 0 Å². The highest BCUT2D eigenvalue weighted by Crippen LogP contribution is 2.25. The fraction of sp³-hybridized carbons (Fsp3) is 0.619. The maximum atomic E-state index is 13.1. The molecule has 3 rings (SSSR count). The number of benzene rings is 1. The van der Waals surface area contributed by atoms with Gasteiger partial charge in [0.05, 0.1) is 0 Å². The minimum atomic E-state index is -0.368. The lowest BCUT2D eigenvalue weighted by atomic mass is 9.90. The Morgan fingerprint density at radius 1 is 0.889 bits per heavy atom. The smallest absolute Gasteiger partial charge is 0.227 e. The third-order valence-corrected chi connectivity index (χ3v) is 5.56. The number of carbonyl (C=O) groups is 2. The predicted octanol–water partition coefficient (Wildman–Crippen LogP) is 2.76. The summed E-state index contributed by atoms with van der Waals surface area (Å²) in [6.45, 7) is 10.1. The summed E-state index contributed by atoms with van der Waals surface area (Å²) in [5, 5.41) is 0. The van der Waals surface area contributed by atoms with Crippen LogP contribution in [0.5, 0.6) is 0 Å². The van der Waals surface area contributed by atoms with Gasteiger partial charge in [0.2, 0.25) is 11.8 Å². The van der Waals surface area contributed by atoms with Crippen molar-refractivity contribution < 1.29 is 14.0 Å². The van der Waals surface area contributed by atoms with E-state index in [4.69, 9.17) is 0 Å². The topological polar surface area (TPSA) is 43.9 Å². The molecule has 5 nitrogen and oxygen atoms in total. The van der Waals surface area contributed by atoms with Gasteiger partial charge < -0.3 is 14.7 Å². The number of piperazine rings is 1. The molecule has 0 bridgehead atoms. The van der Waals surface area contributed by atoms with Gasteiger partial charge in [0.1, 0.15) is 5.82 Å². The number of carbonyl (C=O) groups excluding carboxylic acids is 2. The van der Waals surface area contributed by atoms with Crippen LogP contribution in [0.4, 0.5) is 10.1 Å². The number of halogens is 1. The number of piperidine rings is 1. The van der Waals surface area contributed by atoms with E-state index in [2.05, 4.69) is 4.90 Å². The molecule has 0 aromatic heterocycles. The molecule has 2 saturated heterocycles. The summed E-state index contributed by atoms with van der Waals surface area (Å²) in [5.74, 6) is 0.174. The van der Waals surface area contributed by atoms with Crippen molar-refractivity contribution in [3.8, 4) is 0 Å². The highest BCUT2D eigenvalue weighted by atomic mass is 19.1. The van der Waals surface area contributed by atoms with Crippen LogP contribution in [0.3, 0.4) is 0 Å². The van der Waals surface area contributed by atoms with E-state index in [1.807, 2.05) is 30.6 Å². The molecule has 6 heteroatoms. The summed E-state index contributed by atoms with van der Waals surface area (Å²) in [6, 6.07) is 6.52. The van der Waals surface area contributed by atoms with E-state index in [-0.39, 0.29) is 29.0 Å². The van der Waals surface area contributed by atoms with Gasteiger partial charge in [-0.05, 0) is 37.1 Å². The number of amides is 2. The van der Waals surface area contributed by atoms with Gasteiger partial charge in [0.25, 0.3) is 0 Å². The first-order valence-electron chi connectivity index (χ1n) is 9.84. The first-order chi connectivity index (χ1) is 12.8. The van der Waals surface area contributed by atoms with Gasteiger partial charge in [0, 0.05) is 56.3 Å². The summed E-state index contributed by atoms with van der Waals surface area (Å²) in [7, 11) is 0. The minimum absolute atomic E-state index is 0.0198. The van der Waals surface area contributed by atoms with Crippen LogP contribution in [0.15, 0.2) is 24.3 Å². The molecule has 2 aliphatic heterocycles. The molecule has 0 spiro atoms. The summed E-state index contributed by atoms with van der Waals surface area (Å²) in [6.07, 6.45) is 1.50. The molecule has 2 heterocycles. The van der Waals surface area contributed by atoms with Crippen LogP contribution in [-0.2, 0) is 9.59 Å². The normalized spacial score (nSPS) is 19.3. The van der Waals surface area contributed by atoms with Crippen molar-refractivity contribution in [1.82, 2.24) is 9.80 Å². The van der Waals surface area contributed by atoms with E-state index in [0.29, 0.717) is 26.2 Å². The maximum Gasteiger partial charge on any atom is 0.227 e. The van der Waals surface area contributed by atoms with Crippen molar-refractivity contribution in [3.63, 3.8) is 0 Å². The zero-order valence-electron chi connectivity index (χ0n) is 16.6. The Kier molecular flexibility index (Phi) is 5.72. The Labute approximate surface area is 161 Å². The zero-order valence-corrected chi connectivity index (χ0v) is 16.6. The Hall–Kier alpha value is -2.11. The molecule has 27 heavy (non-hydrogen) atoms. The second-order valence-corrected chi connectivity index (χ2v) is 8.61. The van der Waals surface area contributed by atoms with Crippen LogP contribution in [0, 0.1) is 17.2 Å². The quantitative estimate of drug-likeness (QED) is 0.798. The molecule has 1 aromatic rings. The fourth-order valence-electron chi connectivity index (χ4n) is 3.90.